The number of likely N-dealkylation sites (N-methyl/N-ethyl adjacent to an activating group) is 2. The quantitative estimate of drug-likeness (QED) is 0.217. The Hall–Kier alpha value is -4.15. The minimum atomic E-state index is -0.0329. The van der Waals surface area contributed by atoms with Gasteiger partial charge in [-0.05, 0) is 45.4 Å². The summed E-state index contributed by atoms with van der Waals surface area (Å²) < 4.78 is 7.90. The van der Waals surface area contributed by atoms with E-state index >= 15 is 0 Å². The van der Waals surface area contributed by atoms with E-state index in [-0.39, 0.29) is 5.91 Å². The van der Waals surface area contributed by atoms with Gasteiger partial charge in [0.05, 0.1) is 29.9 Å². The largest absolute Gasteiger partial charge is 0.494 e. The highest BCUT2D eigenvalue weighted by Crippen LogP contribution is 2.38. The third-order valence-corrected chi connectivity index (χ3v) is 7.51. The van der Waals surface area contributed by atoms with Gasteiger partial charge < -0.3 is 34.6 Å². The number of rotatable bonds is 14. The number of carbonyl (C=O) groups excluding carboxylic acids is 1. The van der Waals surface area contributed by atoms with E-state index in [0.29, 0.717) is 36.0 Å². The van der Waals surface area contributed by atoms with Gasteiger partial charge in [-0.15, -0.1) is 0 Å². The molecule has 0 saturated carbocycles. The normalized spacial score (nSPS) is 11.4. The second-order valence-electron chi connectivity index (χ2n) is 10.7. The highest BCUT2D eigenvalue weighted by molar-refractivity contribution is 5.97. The van der Waals surface area contributed by atoms with Crippen LogP contribution in [0.5, 0.6) is 5.75 Å². The molecular formula is C32H44N8O2. The van der Waals surface area contributed by atoms with Crippen LogP contribution in [0.15, 0.2) is 54.9 Å². The van der Waals surface area contributed by atoms with Crippen molar-refractivity contribution in [1.29, 1.82) is 0 Å². The second kappa shape index (κ2) is 14.2. The minimum absolute atomic E-state index is 0.0329. The average molecular weight is 573 g/mol. The molecule has 0 aliphatic rings. The van der Waals surface area contributed by atoms with Crippen LogP contribution in [0.3, 0.4) is 0 Å². The van der Waals surface area contributed by atoms with Gasteiger partial charge in [-0.3, -0.25) is 4.79 Å². The van der Waals surface area contributed by atoms with E-state index in [2.05, 4.69) is 67.1 Å². The lowest BCUT2D eigenvalue weighted by atomic mass is 10.1. The topological polar surface area (TPSA) is 90.8 Å². The van der Waals surface area contributed by atoms with E-state index in [1.54, 1.807) is 13.3 Å². The lowest BCUT2D eigenvalue weighted by molar-refractivity contribution is -0.116. The molecule has 0 aliphatic carbocycles. The maximum Gasteiger partial charge on any atom is 0.227 e. The zero-order chi connectivity index (χ0) is 30.2. The van der Waals surface area contributed by atoms with E-state index in [0.717, 1.165) is 54.0 Å². The number of para-hydroxylation sites is 1. The number of aromatic nitrogens is 3. The van der Waals surface area contributed by atoms with Crippen LogP contribution in [0.4, 0.5) is 23.0 Å². The fourth-order valence-electron chi connectivity index (χ4n) is 4.97. The van der Waals surface area contributed by atoms with Gasteiger partial charge in [0.1, 0.15) is 5.75 Å². The summed E-state index contributed by atoms with van der Waals surface area (Å²) in [5, 5.41) is 7.63. The molecule has 4 rings (SSSR count). The molecule has 0 saturated heterocycles. The first-order valence-corrected chi connectivity index (χ1v) is 14.5. The molecule has 224 valence electrons. The van der Waals surface area contributed by atoms with E-state index < -0.39 is 0 Å². The van der Waals surface area contributed by atoms with Crippen LogP contribution >= 0.6 is 0 Å². The molecule has 0 fully saturated rings. The van der Waals surface area contributed by atoms with Crippen LogP contribution in [0.2, 0.25) is 0 Å². The molecule has 1 amide bonds. The third-order valence-electron chi connectivity index (χ3n) is 7.51. The average Bonchev–Trinajstić information content (AvgIpc) is 3.33. The van der Waals surface area contributed by atoms with Crippen LogP contribution in [-0.2, 0) is 11.8 Å². The molecule has 2 N–H and O–H groups in total. The summed E-state index contributed by atoms with van der Waals surface area (Å²) in [4.78, 5) is 28.9. The van der Waals surface area contributed by atoms with E-state index in [9.17, 15) is 4.79 Å². The van der Waals surface area contributed by atoms with Gasteiger partial charge in [0.15, 0.2) is 0 Å². The predicted molar refractivity (Wildman–Crippen MR) is 173 cm³/mol. The summed E-state index contributed by atoms with van der Waals surface area (Å²) in [5.41, 5.74) is 5.22. The lowest BCUT2D eigenvalue weighted by Crippen LogP contribution is -2.30. The number of nitrogens with zero attached hydrogens (tertiary/aromatic N) is 6. The summed E-state index contributed by atoms with van der Waals surface area (Å²) in [6, 6.07) is 14.0. The van der Waals surface area contributed by atoms with E-state index in [1.165, 1.54) is 0 Å². The summed E-state index contributed by atoms with van der Waals surface area (Å²) in [5.74, 6) is 1.03. The number of fused-ring (bicyclic) bond motifs is 1. The molecule has 42 heavy (non-hydrogen) atoms. The summed E-state index contributed by atoms with van der Waals surface area (Å²) in [6.45, 7) is 8.40. The highest BCUT2D eigenvalue weighted by atomic mass is 16.5. The molecule has 2 heterocycles. The smallest absolute Gasteiger partial charge is 0.227 e. The van der Waals surface area contributed by atoms with Crippen LogP contribution in [-0.4, -0.2) is 91.2 Å². The summed E-state index contributed by atoms with van der Waals surface area (Å²) >= 11 is 0. The molecule has 0 unspecified atom stereocenters. The summed E-state index contributed by atoms with van der Waals surface area (Å²) in [6.07, 6.45) is 4.24. The Morgan fingerprint density at radius 1 is 1.00 bits per heavy atom. The van der Waals surface area contributed by atoms with Gasteiger partial charge in [-0.1, -0.05) is 32.0 Å². The van der Waals surface area contributed by atoms with Gasteiger partial charge in [-0.2, -0.15) is 0 Å². The number of amides is 1. The van der Waals surface area contributed by atoms with E-state index in [4.69, 9.17) is 9.72 Å². The standard InChI is InChI=1S/C32H44N8O2/c1-8-40(9-2)17-15-31(41)34-26-20-27(30(42-7)21-29(26)38(5)19-18-37(3)4)36-32-33-16-14-25(35-32)24-22-39(6)28-13-11-10-12-23(24)28/h10-14,16,20-22H,8-9,15,17-19H2,1-7H3,(H,34,41)(H,33,35,36). The van der Waals surface area contributed by atoms with Crippen LogP contribution in [0.25, 0.3) is 22.2 Å². The third kappa shape index (κ3) is 7.37. The maximum absolute atomic E-state index is 13.1. The van der Waals surface area contributed by atoms with Crippen molar-refractivity contribution in [2.45, 2.75) is 20.3 Å². The number of benzene rings is 2. The molecule has 0 radical (unpaired) electrons. The van der Waals surface area contributed by atoms with Gasteiger partial charge in [-0.25, -0.2) is 9.97 Å². The number of methoxy groups -OCH3 is 1. The zero-order valence-corrected chi connectivity index (χ0v) is 25.9. The van der Waals surface area contributed by atoms with Crippen molar-refractivity contribution in [3.63, 3.8) is 0 Å². The van der Waals surface area contributed by atoms with Gasteiger partial charge in [0.2, 0.25) is 11.9 Å². The monoisotopic (exact) mass is 572 g/mol. The first kappa shape index (κ1) is 30.8. The van der Waals surface area contributed by atoms with Crippen LogP contribution < -0.4 is 20.3 Å². The van der Waals surface area contributed by atoms with Crippen molar-refractivity contribution < 1.29 is 9.53 Å². The lowest BCUT2D eigenvalue weighted by Gasteiger charge is -2.26. The maximum atomic E-state index is 13.1. The number of aryl methyl sites for hydroxylation is 1. The van der Waals surface area contributed by atoms with Gasteiger partial charge in [0.25, 0.3) is 0 Å². The number of nitrogens with one attached hydrogen (secondary N) is 2. The molecule has 4 aromatic rings. The molecule has 0 atom stereocenters. The zero-order valence-electron chi connectivity index (χ0n) is 25.9. The number of hydrogen-bond acceptors (Lipinski definition) is 8. The Morgan fingerprint density at radius 3 is 2.48 bits per heavy atom. The molecule has 10 nitrogen and oxygen atoms in total. The minimum Gasteiger partial charge on any atom is -0.494 e. The van der Waals surface area contributed by atoms with Crippen molar-refractivity contribution in [3.8, 4) is 17.0 Å². The van der Waals surface area contributed by atoms with Crippen molar-refractivity contribution in [3.05, 3.63) is 54.9 Å². The second-order valence-corrected chi connectivity index (χ2v) is 10.7. The summed E-state index contributed by atoms with van der Waals surface area (Å²) in [7, 11) is 9.78. The fourth-order valence-corrected chi connectivity index (χ4v) is 4.97. The van der Waals surface area contributed by atoms with Crippen molar-refractivity contribution in [2.75, 3.05) is 76.5 Å². The highest BCUT2D eigenvalue weighted by Gasteiger charge is 2.18. The Morgan fingerprint density at radius 2 is 1.76 bits per heavy atom. The molecule has 0 spiro atoms. The Balaban J connectivity index is 1.66. The van der Waals surface area contributed by atoms with Crippen molar-refractivity contribution in [1.82, 2.24) is 24.3 Å². The SMILES string of the molecule is CCN(CC)CCC(=O)Nc1cc(Nc2nccc(-c3cn(C)c4ccccc34)n2)c(OC)cc1N(C)CCN(C)C. The molecule has 0 bridgehead atoms. The van der Waals surface area contributed by atoms with Crippen molar-refractivity contribution >= 4 is 39.8 Å². The van der Waals surface area contributed by atoms with Crippen molar-refractivity contribution in [2.24, 2.45) is 7.05 Å². The predicted octanol–water partition coefficient (Wildman–Crippen LogP) is 5.06. The van der Waals surface area contributed by atoms with Crippen LogP contribution in [0, 0.1) is 0 Å². The molecule has 2 aromatic heterocycles. The molecule has 10 heteroatoms. The number of ether oxygens (including phenoxy) is 1. The number of anilines is 4. The number of carbonyl (C=O) groups is 1. The molecule has 2 aromatic carbocycles. The first-order valence-electron chi connectivity index (χ1n) is 14.5. The number of hydrogen-bond donors (Lipinski definition) is 2. The Bertz CT molecular complexity index is 1500. The Labute approximate surface area is 249 Å². The van der Waals surface area contributed by atoms with Crippen LogP contribution in [0.1, 0.15) is 20.3 Å². The van der Waals surface area contributed by atoms with E-state index in [1.807, 2.05) is 58.5 Å². The molecule has 0 aliphatic heterocycles. The first-order chi connectivity index (χ1) is 20.2. The van der Waals surface area contributed by atoms with Gasteiger partial charge >= 0.3 is 0 Å². The Kier molecular flexibility index (Phi) is 10.4. The van der Waals surface area contributed by atoms with Gasteiger partial charge in [0, 0.05) is 75.1 Å². The fraction of sp³-hybridized carbons (Fsp3) is 0.406. The molecular weight excluding hydrogens is 528 g/mol.